The number of hydrogen-bond donors (Lipinski definition) is 1. The molecule has 0 aromatic carbocycles. The van der Waals surface area contributed by atoms with Crippen molar-refractivity contribution >= 4 is 11.9 Å². The van der Waals surface area contributed by atoms with E-state index in [1.807, 2.05) is 25.2 Å². The van der Waals surface area contributed by atoms with E-state index in [-0.39, 0.29) is 30.8 Å². The van der Waals surface area contributed by atoms with Crippen LogP contribution in [0.1, 0.15) is 65.7 Å². The van der Waals surface area contributed by atoms with Gasteiger partial charge in [0.2, 0.25) is 0 Å². The molecule has 0 aromatic heterocycles. The lowest BCUT2D eigenvalue weighted by atomic mass is 9.91. The second-order valence-electron chi connectivity index (χ2n) is 11.6. The molecule has 4 heterocycles. The summed E-state index contributed by atoms with van der Waals surface area (Å²) in [7, 11) is 0. The molecule has 0 aromatic rings. The smallest absolute Gasteiger partial charge is 0.330 e. The molecule has 0 saturated carbocycles. The molecular formula is C32H44O8. The second kappa shape index (κ2) is 14.4. The topological polar surface area (TPSA) is 104 Å². The van der Waals surface area contributed by atoms with Gasteiger partial charge in [-0.05, 0) is 57.4 Å². The normalized spacial score (nSPS) is 37.4. The first-order valence-corrected chi connectivity index (χ1v) is 14.5. The Morgan fingerprint density at radius 3 is 2.77 bits per heavy atom. The summed E-state index contributed by atoms with van der Waals surface area (Å²) in [6, 6.07) is 0. The van der Waals surface area contributed by atoms with Gasteiger partial charge < -0.3 is 28.8 Å². The molecule has 0 amide bonds. The third-order valence-electron chi connectivity index (χ3n) is 7.72. The van der Waals surface area contributed by atoms with Gasteiger partial charge in [-0.1, -0.05) is 55.0 Å². The van der Waals surface area contributed by atoms with Crippen molar-refractivity contribution in [2.24, 2.45) is 5.92 Å². The van der Waals surface area contributed by atoms with Crippen LogP contribution in [0.5, 0.6) is 0 Å². The number of ether oxygens (including phenoxy) is 5. The van der Waals surface area contributed by atoms with Crippen LogP contribution in [0, 0.1) is 5.92 Å². The van der Waals surface area contributed by atoms with Crippen LogP contribution in [-0.2, 0) is 33.3 Å². The number of epoxide rings is 1. The largest absolute Gasteiger partial charge is 0.455 e. The Labute approximate surface area is 237 Å². The van der Waals surface area contributed by atoms with Gasteiger partial charge in [0.15, 0.2) is 6.10 Å². The average molecular weight is 557 g/mol. The molecule has 1 fully saturated rings. The van der Waals surface area contributed by atoms with E-state index in [0.717, 1.165) is 31.3 Å². The maximum absolute atomic E-state index is 12.9. The third kappa shape index (κ3) is 9.54. The van der Waals surface area contributed by atoms with Crippen molar-refractivity contribution in [1.82, 2.24) is 0 Å². The molecule has 1 N–H and O–H groups in total. The van der Waals surface area contributed by atoms with E-state index in [1.54, 1.807) is 12.2 Å². The highest BCUT2D eigenvalue weighted by Gasteiger charge is 2.47. The highest BCUT2D eigenvalue weighted by molar-refractivity contribution is 5.82. The highest BCUT2D eigenvalue weighted by Crippen LogP contribution is 2.35. The lowest BCUT2D eigenvalue weighted by Crippen LogP contribution is -2.35. The Morgan fingerprint density at radius 2 is 2.00 bits per heavy atom. The van der Waals surface area contributed by atoms with E-state index >= 15 is 0 Å². The van der Waals surface area contributed by atoms with Gasteiger partial charge in [-0.3, -0.25) is 4.79 Å². The third-order valence-corrected chi connectivity index (χ3v) is 7.72. The predicted octanol–water partition coefficient (Wildman–Crippen LogP) is 4.68. The average Bonchev–Trinajstić information content (AvgIpc) is 3.65. The van der Waals surface area contributed by atoms with Crippen molar-refractivity contribution in [2.45, 2.75) is 115 Å². The van der Waals surface area contributed by atoms with Crippen molar-refractivity contribution in [3.8, 4) is 0 Å². The first-order valence-electron chi connectivity index (χ1n) is 14.5. The first-order chi connectivity index (χ1) is 19.2. The molecule has 1 saturated heterocycles. The van der Waals surface area contributed by atoms with Crippen LogP contribution in [0.25, 0.3) is 0 Å². The molecule has 4 aliphatic rings. The lowest BCUT2D eigenvalue weighted by molar-refractivity contribution is -0.160. The van der Waals surface area contributed by atoms with Crippen LogP contribution in [-0.4, -0.2) is 72.5 Å². The molecule has 4 aliphatic heterocycles. The summed E-state index contributed by atoms with van der Waals surface area (Å²) in [6.07, 6.45) is 14.2. The molecule has 9 atom stereocenters. The summed E-state index contributed by atoms with van der Waals surface area (Å²) < 4.78 is 29.3. The molecule has 220 valence electrons. The quantitative estimate of drug-likeness (QED) is 0.303. The zero-order valence-corrected chi connectivity index (χ0v) is 23.9. The van der Waals surface area contributed by atoms with Crippen molar-refractivity contribution in [3.63, 3.8) is 0 Å². The van der Waals surface area contributed by atoms with Gasteiger partial charge >= 0.3 is 11.9 Å². The van der Waals surface area contributed by atoms with E-state index in [2.05, 4.69) is 19.6 Å². The van der Waals surface area contributed by atoms with Gasteiger partial charge in [-0.15, -0.1) is 0 Å². The Bertz CT molecular complexity index is 1030. The number of carbonyl (C=O) groups is 2. The van der Waals surface area contributed by atoms with Crippen LogP contribution < -0.4 is 0 Å². The summed E-state index contributed by atoms with van der Waals surface area (Å²) in [5, 5.41) is 10.9. The molecular weight excluding hydrogens is 512 g/mol. The van der Waals surface area contributed by atoms with Gasteiger partial charge in [0, 0.05) is 19.4 Å². The number of aliphatic hydroxyl groups excluding tert-OH is 1. The summed E-state index contributed by atoms with van der Waals surface area (Å²) in [5.41, 5.74) is 2.20. The van der Waals surface area contributed by atoms with Crippen LogP contribution in [0.2, 0.25) is 0 Å². The van der Waals surface area contributed by atoms with Gasteiger partial charge in [0.25, 0.3) is 0 Å². The van der Waals surface area contributed by atoms with Crippen molar-refractivity contribution in [1.29, 1.82) is 0 Å². The summed E-state index contributed by atoms with van der Waals surface area (Å²) in [5.74, 6) is -0.665. The minimum Gasteiger partial charge on any atom is -0.455 e. The number of carbonyl (C=O) groups excluding carboxylic acids is 2. The van der Waals surface area contributed by atoms with E-state index in [9.17, 15) is 14.7 Å². The van der Waals surface area contributed by atoms with E-state index < -0.39 is 36.4 Å². The second-order valence-corrected chi connectivity index (χ2v) is 11.6. The Hall–Kier alpha value is -2.52. The molecule has 40 heavy (non-hydrogen) atoms. The fourth-order valence-electron chi connectivity index (χ4n) is 5.75. The molecule has 2 bridgehead atoms. The van der Waals surface area contributed by atoms with Crippen LogP contribution in [0.4, 0.5) is 0 Å². The minimum absolute atomic E-state index is 0.103. The number of esters is 2. The van der Waals surface area contributed by atoms with Gasteiger partial charge in [-0.2, -0.15) is 0 Å². The zero-order valence-electron chi connectivity index (χ0n) is 23.9. The maximum atomic E-state index is 12.9. The first kappa shape index (κ1) is 30.4. The molecule has 0 aliphatic carbocycles. The molecule has 8 heteroatoms. The molecule has 0 radical (unpaired) electrons. The van der Waals surface area contributed by atoms with Gasteiger partial charge in [0.05, 0.1) is 37.1 Å². The lowest BCUT2D eigenvalue weighted by Gasteiger charge is -2.28. The molecule has 0 unspecified atom stereocenters. The van der Waals surface area contributed by atoms with E-state index in [1.165, 1.54) is 18.6 Å². The minimum atomic E-state index is -0.835. The number of cyclic esters (lactones) is 1. The highest BCUT2D eigenvalue weighted by atomic mass is 16.6. The van der Waals surface area contributed by atoms with Crippen molar-refractivity contribution < 1.29 is 38.4 Å². The molecule has 0 spiro atoms. The summed E-state index contributed by atoms with van der Waals surface area (Å²) in [4.78, 5) is 24.9. The molecule has 4 rings (SSSR count). The molecule has 8 nitrogen and oxygen atoms in total. The fraction of sp³-hybridized carbons (Fsp3) is 0.625. The van der Waals surface area contributed by atoms with Crippen LogP contribution >= 0.6 is 0 Å². The maximum Gasteiger partial charge on any atom is 0.330 e. The SMILES string of the molecule is C=C1C[C@H](C)C[C@@H]2CC=C[C@@H](C/C=C/C(=O)O[C@H]([C@H](/C=C/[C@@H]3CC(C)=CCO3)OC(C)=O)C[C@@H]3O[C@@H]3[C@H](O)C1)O2. The van der Waals surface area contributed by atoms with E-state index in [0.29, 0.717) is 25.4 Å². The standard InChI is InChI=1S/C32H44O8/c1-20-13-14-36-25(16-20)11-12-28(37-23(4)33)29-19-30-32(40-30)27(34)18-22(3)15-21(2)17-26-9-5-7-24(38-26)8-6-10-31(35)39-29/h5-7,10-13,21,24-30,32,34H,3,8-9,14-19H2,1-2,4H3/b10-6+,12-11+/t21-,24-,25+,26-,27+,28-,29-,30-,32+/m0/s1. The number of hydrogen-bond acceptors (Lipinski definition) is 8. The summed E-state index contributed by atoms with van der Waals surface area (Å²) in [6.45, 7) is 10.3. The van der Waals surface area contributed by atoms with Crippen LogP contribution in [0.3, 0.4) is 0 Å². The number of fused-ring (bicyclic) bond motifs is 3. The Balaban J connectivity index is 1.52. The summed E-state index contributed by atoms with van der Waals surface area (Å²) >= 11 is 0. The number of rotatable bonds is 4. The Morgan fingerprint density at radius 1 is 1.18 bits per heavy atom. The number of aliphatic hydroxyl groups is 1. The van der Waals surface area contributed by atoms with Crippen molar-refractivity contribution in [3.05, 3.63) is 60.3 Å². The van der Waals surface area contributed by atoms with Crippen LogP contribution in [0.15, 0.2) is 60.3 Å². The Kier molecular flexibility index (Phi) is 11.0. The zero-order chi connectivity index (χ0) is 28.6. The van der Waals surface area contributed by atoms with E-state index in [4.69, 9.17) is 23.7 Å². The van der Waals surface area contributed by atoms with Gasteiger partial charge in [-0.25, -0.2) is 4.79 Å². The van der Waals surface area contributed by atoms with Crippen molar-refractivity contribution in [2.75, 3.05) is 6.61 Å². The predicted molar refractivity (Wildman–Crippen MR) is 150 cm³/mol. The monoisotopic (exact) mass is 556 g/mol. The van der Waals surface area contributed by atoms with Gasteiger partial charge in [0.1, 0.15) is 12.2 Å². The fourth-order valence-corrected chi connectivity index (χ4v) is 5.75.